The first-order valence-electron chi connectivity index (χ1n) is 6.40. The molecule has 1 amide bonds. The average molecular weight is 330 g/mol. The maximum Gasteiger partial charge on any atom is 0.408 e. The first-order valence-corrected chi connectivity index (χ1v) is 7.76. The minimum absolute atomic E-state index is 0.0560. The third-order valence-corrected chi connectivity index (χ3v) is 3.06. The molecule has 22 heavy (non-hydrogen) atoms. The van der Waals surface area contributed by atoms with Gasteiger partial charge in [0.2, 0.25) is 0 Å². The van der Waals surface area contributed by atoms with Crippen LogP contribution < -0.4 is 10.6 Å². The molecule has 1 aromatic rings. The standard InChI is InChI=1S/C13H18N2O6S/c1-20-12(16)11(7-14-9-22(18)19)15-13(17)21-8-10-5-3-2-4-6-10/h2-6,11,14,22H,7-9H2,1H3,(H,15,17)/t11-/m1/s1. The number of carbonyl (C=O) groups excluding carboxylic acids is 2. The largest absolute Gasteiger partial charge is 0.467 e. The molecule has 0 unspecified atom stereocenters. The van der Waals surface area contributed by atoms with Crippen molar-refractivity contribution in [3.05, 3.63) is 35.9 Å². The zero-order valence-corrected chi connectivity index (χ0v) is 12.9. The van der Waals surface area contributed by atoms with Crippen LogP contribution in [0.2, 0.25) is 0 Å². The number of esters is 1. The number of hydrogen-bond donors (Lipinski definition) is 3. The molecule has 0 radical (unpaired) electrons. The minimum atomic E-state index is -2.62. The van der Waals surface area contributed by atoms with Crippen molar-refractivity contribution < 1.29 is 27.5 Å². The normalized spacial score (nSPS) is 11.7. The molecule has 1 aromatic carbocycles. The van der Waals surface area contributed by atoms with Crippen molar-refractivity contribution in [1.82, 2.24) is 10.6 Å². The van der Waals surface area contributed by atoms with E-state index in [1.807, 2.05) is 18.2 Å². The summed E-state index contributed by atoms with van der Waals surface area (Å²) in [4.78, 5) is 23.2. The second-order valence-electron chi connectivity index (χ2n) is 4.23. The van der Waals surface area contributed by atoms with E-state index in [2.05, 4.69) is 15.4 Å². The molecule has 0 heterocycles. The Morgan fingerprint density at radius 1 is 1.23 bits per heavy atom. The summed E-state index contributed by atoms with van der Waals surface area (Å²) in [6, 6.07) is 7.99. The van der Waals surface area contributed by atoms with E-state index < -0.39 is 28.8 Å². The van der Waals surface area contributed by atoms with Gasteiger partial charge in [-0.05, 0) is 5.56 Å². The third-order valence-electron chi connectivity index (χ3n) is 2.58. The second kappa shape index (κ2) is 9.74. The Kier molecular flexibility index (Phi) is 7.94. The van der Waals surface area contributed by atoms with Crippen molar-refractivity contribution in [2.75, 3.05) is 19.5 Å². The molecule has 1 atom stereocenters. The van der Waals surface area contributed by atoms with Crippen LogP contribution in [0.1, 0.15) is 5.56 Å². The molecule has 2 N–H and O–H groups in total. The number of rotatable bonds is 8. The summed E-state index contributed by atoms with van der Waals surface area (Å²) in [6.07, 6.45) is -0.799. The lowest BCUT2D eigenvalue weighted by Crippen LogP contribution is -2.48. The van der Waals surface area contributed by atoms with Gasteiger partial charge in [-0.25, -0.2) is 18.0 Å². The number of nitrogens with one attached hydrogen (secondary N) is 2. The van der Waals surface area contributed by atoms with Crippen LogP contribution in [0.4, 0.5) is 4.79 Å². The smallest absolute Gasteiger partial charge is 0.408 e. The maximum absolute atomic E-state index is 11.7. The Labute approximate surface area is 129 Å². The Bertz CT molecular complexity index is 553. The number of methoxy groups -OCH3 is 1. The van der Waals surface area contributed by atoms with Gasteiger partial charge in [-0.3, -0.25) is 0 Å². The van der Waals surface area contributed by atoms with Crippen molar-refractivity contribution in [3.63, 3.8) is 0 Å². The summed E-state index contributed by atoms with van der Waals surface area (Å²) in [5.41, 5.74) is 0.800. The highest BCUT2D eigenvalue weighted by Gasteiger charge is 2.21. The van der Waals surface area contributed by atoms with Crippen LogP contribution in [0.25, 0.3) is 0 Å². The fourth-order valence-electron chi connectivity index (χ4n) is 1.54. The molecule has 0 aliphatic carbocycles. The van der Waals surface area contributed by atoms with E-state index in [1.165, 1.54) is 7.11 Å². The molecular formula is C13H18N2O6S. The number of amides is 1. The van der Waals surface area contributed by atoms with Crippen LogP contribution in [0.5, 0.6) is 0 Å². The average Bonchev–Trinajstić information content (AvgIpc) is 2.52. The van der Waals surface area contributed by atoms with Crippen molar-refractivity contribution >= 4 is 22.8 Å². The van der Waals surface area contributed by atoms with E-state index >= 15 is 0 Å². The van der Waals surface area contributed by atoms with Crippen LogP contribution >= 0.6 is 0 Å². The molecule has 0 saturated carbocycles. The molecule has 0 aliphatic rings. The van der Waals surface area contributed by atoms with E-state index in [0.717, 1.165) is 5.56 Å². The first kappa shape index (κ1) is 17.9. The minimum Gasteiger partial charge on any atom is -0.467 e. The summed E-state index contributed by atoms with van der Waals surface area (Å²) in [5, 5.41) is 4.83. The highest BCUT2D eigenvalue weighted by molar-refractivity contribution is 7.72. The van der Waals surface area contributed by atoms with Crippen LogP contribution in [-0.2, 0) is 31.6 Å². The summed E-state index contributed by atoms with van der Waals surface area (Å²) in [6.45, 7) is -0.0309. The molecule has 0 aliphatic heterocycles. The van der Waals surface area contributed by atoms with Gasteiger partial charge in [-0.1, -0.05) is 30.3 Å². The molecular weight excluding hydrogens is 312 g/mol. The quantitative estimate of drug-likeness (QED) is 0.440. The molecule has 8 nitrogen and oxygen atoms in total. The topological polar surface area (TPSA) is 111 Å². The lowest BCUT2D eigenvalue weighted by molar-refractivity contribution is -0.142. The van der Waals surface area contributed by atoms with Crippen LogP contribution in [0.15, 0.2) is 30.3 Å². The summed E-state index contributed by atoms with van der Waals surface area (Å²) >= 11 is 0. The van der Waals surface area contributed by atoms with Crippen molar-refractivity contribution in [2.24, 2.45) is 0 Å². The van der Waals surface area contributed by atoms with Gasteiger partial charge in [-0.15, -0.1) is 0 Å². The monoisotopic (exact) mass is 330 g/mol. The van der Waals surface area contributed by atoms with Gasteiger partial charge >= 0.3 is 12.1 Å². The number of alkyl carbamates (subject to hydrolysis) is 1. The molecule has 0 saturated heterocycles. The van der Waals surface area contributed by atoms with E-state index in [0.29, 0.717) is 0 Å². The fraction of sp³-hybridized carbons (Fsp3) is 0.385. The highest BCUT2D eigenvalue weighted by Crippen LogP contribution is 2.01. The Morgan fingerprint density at radius 3 is 2.50 bits per heavy atom. The van der Waals surface area contributed by atoms with Crippen LogP contribution in [0.3, 0.4) is 0 Å². The number of ether oxygens (including phenoxy) is 2. The van der Waals surface area contributed by atoms with E-state index in [4.69, 9.17) is 4.74 Å². The van der Waals surface area contributed by atoms with Gasteiger partial charge in [0.25, 0.3) is 0 Å². The van der Waals surface area contributed by atoms with Crippen LogP contribution in [0, 0.1) is 0 Å². The predicted molar refractivity (Wildman–Crippen MR) is 78.8 cm³/mol. The predicted octanol–water partition coefficient (Wildman–Crippen LogP) is -0.387. The van der Waals surface area contributed by atoms with E-state index in [1.54, 1.807) is 12.1 Å². The fourth-order valence-corrected chi connectivity index (χ4v) is 1.85. The van der Waals surface area contributed by atoms with E-state index in [-0.39, 0.29) is 19.0 Å². The number of hydrogen-bond acceptors (Lipinski definition) is 7. The lowest BCUT2D eigenvalue weighted by Gasteiger charge is -2.16. The highest BCUT2D eigenvalue weighted by atomic mass is 32.2. The van der Waals surface area contributed by atoms with Gasteiger partial charge in [0.1, 0.15) is 12.6 Å². The zero-order chi connectivity index (χ0) is 16.4. The lowest BCUT2D eigenvalue weighted by atomic mass is 10.2. The molecule has 0 fully saturated rings. The third kappa shape index (κ3) is 7.04. The maximum atomic E-state index is 11.7. The molecule has 122 valence electrons. The van der Waals surface area contributed by atoms with Crippen molar-refractivity contribution in [3.8, 4) is 0 Å². The van der Waals surface area contributed by atoms with Crippen LogP contribution in [-0.4, -0.2) is 46.1 Å². The van der Waals surface area contributed by atoms with Gasteiger partial charge in [0.05, 0.1) is 13.0 Å². The summed E-state index contributed by atoms with van der Waals surface area (Å²) in [5.74, 6) is -1.01. The molecule has 0 bridgehead atoms. The zero-order valence-electron chi connectivity index (χ0n) is 12.0. The molecule has 0 spiro atoms. The van der Waals surface area contributed by atoms with Gasteiger partial charge in [0.15, 0.2) is 10.7 Å². The van der Waals surface area contributed by atoms with Gasteiger partial charge in [0, 0.05) is 6.54 Å². The van der Waals surface area contributed by atoms with Crippen molar-refractivity contribution in [1.29, 1.82) is 0 Å². The van der Waals surface area contributed by atoms with E-state index in [9.17, 15) is 18.0 Å². The first-order chi connectivity index (χ1) is 10.5. The Hall–Kier alpha value is -2.13. The summed E-state index contributed by atoms with van der Waals surface area (Å²) in [7, 11) is -1.45. The molecule has 1 rings (SSSR count). The van der Waals surface area contributed by atoms with Gasteiger partial charge < -0.3 is 20.1 Å². The number of carbonyl (C=O) groups is 2. The number of thiol groups is 1. The second-order valence-corrected chi connectivity index (χ2v) is 5.21. The Balaban J connectivity index is 2.46. The number of benzene rings is 1. The Morgan fingerprint density at radius 2 is 1.91 bits per heavy atom. The summed E-state index contributed by atoms with van der Waals surface area (Å²) < 4.78 is 30.4. The molecule has 9 heteroatoms. The van der Waals surface area contributed by atoms with Crippen molar-refractivity contribution in [2.45, 2.75) is 12.6 Å². The van der Waals surface area contributed by atoms with Gasteiger partial charge in [-0.2, -0.15) is 0 Å². The SMILES string of the molecule is COC(=O)[C@@H](CNC[SH](=O)=O)NC(=O)OCc1ccccc1. The molecule has 0 aromatic heterocycles.